The normalized spacial score (nSPS) is 19.1. The fourth-order valence-electron chi connectivity index (χ4n) is 2.08. The molecule has 0 aromatic rings. The highest BCUT2D eigenvalue weighted by atomic mass is 16.3. The van der Waals surface area contributed by atoms with Gasteiger partial charge in [-0.2, -0.15) is 0 Å². The summed E-state index contributed by atoms with van der Waals surface area (Å²) >= 11 is 0. The Bertz CT molecular complexity index is 208. The average molecular weight is 215 g/mol. The van der Waals surface area contributed by atoms with Crippen LogP contribution in [0.15, 0.2) is 0 Å². The molecule has 0 atom stereocenters. The van der Waals surface area contributed by atoms with Crippen LogP contribution in [0.25, 0.3) is 0 Å². The number of Topliss-reactive ketones (excluding diaryl/α,β-unsaturated/α-hetero) is 1. The van der Waals surface area contributed by atoms with Gasteiger partial charge in [-0.15, -0.1) is 0 Å². The molecule has 1 saturated carbocycles. The molecule has 0 aromatic heterocycles. The van der Waals surface area contributed by atoms with Gasteiger partial charge in [-0.25, -0.2) is 0 Å². The second-order valence-corrected chi connectivity index (χ2v) is 4.60. The second-order valence-electron chi connectivity index (χ2n) is 4.60. The van der Waals surface area contributed by atoms with E-state index in [4.69, 9.17) is 15.9 Å². The largest absolute Gasteiger partial charge is 0.394 e. The summed E-state index contributed by atoms with van der Waals surface area (Å²) in [4.78, 5) is 11.8. The molecule has 1 aliphatic carbocycles. The Morgan fingerprint density at radius 1 is 1.20 bits per heavy atom. The smallest absolute Gasteiger partial charge is 0.157 e. The van der Waals surface area contributed by atoms with E-state index >= 15 is 0 Å². The molecule has 0 radical (unpaired) electrons. The Kier molecular flexibility index (Phi) is 4.70. The summed E-state index contributed by atoms with van der Waals surface area (Å²) in [5, 5.41) is 18.0. The van der Waals surface area contributed by atoms with Gasteiger partial charge in [-0.3, -0.25) is 4.79 Å². The maximum Gasteiger partial charge on any atom is 0.157 e. The minimum absolute atomic E-state index is 0.209. The minimum atomic E-state index is -1.43. The summed E-state index contributed by atoms with van der Waals surface area (Å²) in [6, 6.07) is 0. The van der Waals surface area contributed by atoms with Crippen molar-refractivity contribution in [3.63, 3.8) is 0 Å². The van der Waals surface area contributed by atoms with Gasteiger partial charge >= 0.3 is 0 Å². The lowest BCUT2D eigenvalue weighted by Crippen LogP contribution is -2.55. The molecule has 4 nitrogen and oxygen atoms in total. The van der Waals surface area contributed by atoms with Gasteiger partial charge in [0.05, 0.1) is 13.2 Å². The van der Waals surface area contributed by atoms with Crippen LogP contribution in [0.1, 0.15) is 38.5 Å². The lowest BCUT2D eigenvalue weighted by molar-refractivity contribution is -0.128. The third-order valence-electron chi connectivity index (χ3n) is 3.32. The quantitative estimate of drug-likeness (QED) is 0.612. The predicted octanol–water partition coefficient (Wildman–Crippen LogP) is 0.208. The number of hydrogen-bond donors (Lipinski definition) is 3. The molecule has 0 heterocycles. The second kappa shape index (κ2) is 5.58. The summed E-state index contributed by atoms with van der Waals surface area (Å²) in [5.41, 5.74) is 4.17. The van der Waals surface area contributed by atoms with Crippen molar-refractivity contribution in [1.82, 2.24) is 0 Å². The first kappa shape index (κ1) is 12.6. The molecule has 1 aliphatic rings. The van der Waals surface area contributed by atoms with E-state index in [1.807, 2.05) is 0 Å². The SMILES string of the molecule is NC(CO)(CO)C(=O)CC1CCCCC1. The third-order valence-corrected chi connectivity index (χ3v) is 3.32. The van der Waals surface area contributed by atoms with Crippen LogP contribution in [-0.2, 0) is 4.79 Å². The average Bonchev–Trinajstić information content (AvgIpc) is 2.29. The Morgan fingerprint density at radius 2 is 1.73 bits per heavy atom. The van der Waals surface area contributed by atoms with Crippen LogP contribution < -0.4 is 5.73 Å². The summed E-state index contributed by atoms with van der Waals surface area (Å²) < 4.78 is 0. The molecule has 0 saturated heterocycles. The number of aliphatic hydroxyl groups excluding tert-OH is 2. The highest BCUT2D eigenvalue weighted by Gasteiger charge is 2.33. The van der Waals surface area contributed by atoms with Gasteiger partial charge in [0.1, 0.15) is 5.54 Å². The molecule has 0 unspecified atom stereocenters. The molecule has 88 valence electrons. The molecule has 4 N–H and O–H groups in total. The lowest BCUT2D eigenvalue weighted by atomic mass is 9.82. The van der Waals surface area contributed by atoms with Crippen molar-refractivity contribution in [2.75, 3.05) is 13.2 Å². The molecular weight excluding hydrogens is 194 g/mol. The van der Waals surface area contributed by atoms with E-state index < -0.39 is 18.8 Å². The Hall–Kier alpha value is -0.450. The van der Waals surface area contributed by atoms with Crippen LogP contribution in [0.4, 0.5) is 0 Å². The molecule has 0 bridgehead atoms. The lowest BCUT2D eigenvalue weighted by Gasteiger charge is -2.27. The maximum absolute atomic E-state index is 11.8. The molecule has 0 spiro atoms. The van der Waals surface area contributed by atoms with E-state index in [9.17, 15) is 4.79 Å². The van der Waals surface area contributed by atoms with Gasteiger partial charge in [0.25, 0.3) is 0 Å². The maximum atomic E-state index is 11.8. The third kappa shape index (κ3) is 3.26. The Morgan fingerprint density at radius 3 is 2.20 bits per heavy atom. The zero-order valence-electron chi connectivity index (χ0n) is 9.11. The first-order valence-corrected chi connectivity index (χ1v) is 5.66. The topological polar surface area (TPSA) is 83.6 Å². The van der Waals surface area contributed by atoms with Gasteiger partial charge in [0.2, 0.25) is 0 Å². The van der Waals surface area contributed by atoms with E-state index in [1.54, 1.807) is 0 Å². The molecule has 0 aliphatic heterocycles. The van der Waals surface area contributed by atoms with Gasteiger partial charge in [0, 0.05) is 6.42 Å². The number of hydrogen-bond acceptors (Lipinski definition) is 4. The predicted molar refractivity (Wildman–Crippen MR) is 57.3 cm³/mol. The number of aliphatic hydroxyl groups is 2. The van der Waals surface area contributed by atoms with Gasteiger partial charge in [-0.1, -0.05) is 32.1 Å². The number of ketones is 1. The van der Waals surface area contributed by atoms with Crippen LogP contribution in [0, 0.1) is 5.92 Å². The number of rotatable bonds is 5. The number of carbonyl (C=O) groups is 1. The van der Waals surface area contributed by atoms with E-state index in [-0.39, 0.29) is 5.78 Å². The zero-order valence-corrected chi connectivity index (χ0v) is 9.11. The Labute approximate surface area is 90.5 Å². The highest BCUT2D eigenvalue weighted by Crippen LogP contribution is 2.27. The molecule has 1 rings (SSSR count). The highest BCUT2D eigenvalue weighted by molar-refractivity contribution is 5.88. The standard InChI is InChI=1S/C11H21NO3/c12-11(7-13,8-14)10(15)6-9-4-2-1-3-5-9/h9,13-14H,1-8,12H2. The summed E-state index contributed by atoms with van der Waals surface area (Å²) in [7, 11) is 0. The molecule has 0 amide bonds. The van der Waals surface area contributed by atoms with Gasteiger partial charge in [0.15, 0.2) is 5.78 Å². The fourth-order valence-corrected chi connectivity index (χ4v) is 2.08. The van der Waals surface area contributed by atoms with Gasteiger partial charge in [-0.05, 0) is 5.92 Å². The Balaban J connectivity index is 2.45. The molecule has 1 fully saturated rings. The van der Waals surface area contributed by atoms with Crippen molar-refractivity contribution < 1.29 is 15.0 Å². The van der Waals surface area contributed by atoms with E-state index in [0.29, 0.717) is 12.3 Å². The molecule has 0 aromatic carbocycles. The van der Waals surface area contributed by atoms with Crippen molar-refractivity contribution >= 4 is 5.78 Å². The van der Waals surface area contributed by atoms with Crippen LogP contribution in [-0.4, -0.2) is 34.7 Å². The fraction of sp³-hybridized carbons (Fsp3) is 0.909. The zero-order chi connectivity index (χ0) is 11.3. The van der Waals surface area contributed by atoms with E-state index in [0.717, 1.165) is 12.8 Å². The molecular formula is C11H21NO3. The monoisotopic (exact) mass is 215 g/mol. The number of nitrogens with two attached hydrogens (primary N) is 1. The van der Waals surface area contributed by atoms with Crippen LogP contribution in [0.2, 0.25) is 0 Å². The van der Waals surface area contributed by atoms with Crippen LogP contribution in [0.3, 0.4) is 0 Å². The van der Waals surface area contributed by atoms with Crippen molar-refractivity contribution in [2.24, 2.45) is 11.7 Å². The first-order valence-electron chi connectivity index (χ1n) is 5.66. The van der Waals surface area contributed by atoms with Crippen molar-refractivity contribution in [3.05, 3.63) is 0 Å². The van der Waals surface area contributed by atoms with Crippen molar-refractivity contribution in [3.8, 4) is 0 Å². The summed E-state index contributed by atoms with van der Waals surface area (Å²) in [5.74, 6) is 0.187. The minimum Gasteiger partial charge on any atom is -0.394 e. The van der Waals surface area contributed by atoms with Crippen molar-refractivity contribution in [1.29, 1.82) is 0 Å². The van der Waals surface area contributed by atoms with E-state index in [1.165, 1.54) is 19.3 Å². The van der Waals surface area contributed by atoms with Gasteiger partial charge < -0.3 is 15.9 Å². The number of carbonyl (C=O) groups excluding carboxylic acids is 1. The molecule has 15 heavy (non-hydrogen) atoms. The van der Waals surface area contributed by atoms with Crippen molar-refractivity contribution in [2.45, 2.75) is 44.1 Å². The van der Waals surface area contributed by atoms with Crippen LogP contribution in [0.5, 0.6) is 0 Å². The summed E-state index contributed by atoms with van der Waals surface area (Å²) in [6.45, 7) is -0.954. The first-order chi connectivity index (χ1) is 7.12. The molecule has 4 heteroatoms. The summed E-state index contributed by atoms with van der Waals surface area (Å²) in [6.07, 6.45) is 6.13. The van der Waals surface area contributed by atoms with E-state index in [2.05, 4.69) is 0 Å². The van der Waals surface area contributed by atoms with Crippen LogP contribution >= 0.6 is 0 Å².